The Hall–Kier alpha value is -3.37. The molecule has 3 aromatic heterocycles. The molecule has 0 unspecified atom stereocenters. The molecule has 1 N–H and O–H groups in total. The van der Waals surface area contributed by atoms with Crippen LogP contribution in [0.25, 0.3) is 39.7 Å². The number of benzene rings is 2. The first-order valence-corrected chi connectivity index (χ1v) is 9.03. The Morgan fingerprint density at radius 3 is 2.15 bits per heavy atom. The minimum atomic E-state index is 0.425. The Kier molecular flexibility index (Phi) is 3.77. The average molecular weight is 371 g/mol. The fourth-order valence-electron chi connectivity index (χ4n) is 3.28. The highest BCUT2D eigenvalue weighted by atomic mass is 35.5. The maximum atomic E-state index is 6.46. The molecule has 0 atom stereocenters. The van der Waals surface area contributed by atoms with Crippen LogP contribution in [0.15, 0.2) is 85.1 Å². The van der Waals surface area contributed by atoms with Gasteiger partial charge >= 0.3 is 0 Å². The molecule has 2 aromatic carbocycles. The summed E-state index contributed by atoms with van der Waals surface area (Å²) in [5.74, 6) is 0.691. The van der Waals surface area contributed by atoms with Gasteiger partial charge in [0, 0.05) is 17.3 Å². The van der Waals surface area contributed by atoms with Gasteiger partial charge in [-0.05, 0) is 12.1 Å². The minimum absolute atomic E-state index is 0.425. The van der Waals surface area contributed by atoms with Crippen LogP contribution in [0, 0.1) is 0 Å². The molecule has 5 aromatic rings. The van der Waals surface area contributed by atoms with Crippen molar-refractivity contribution in [2.75, 3.05) is 0 Å². The first kappa shape index (κ1) is 15.9. The van der Waals surface area contributed by atoms with E-state index in [1.807, 2.05) is 65.2 Å². The monoisotopic (exact) mass is 370 g/mol. The Morgan fingerprint density at radius 1 is 0.741 bits per heavy atom. The molecule has 0 fully saturated rings. The standard InChI is InChI=1S/C22H15ClN4/c23-21-20(27-14-8-7-13-17(27)24-21)22-25-18(15-9-3-1-4-10-15)19(26-22)16-11-5-2-6-12-16/h1-14H,(H,25,26). The highest BCUT2D eigenvalue weighted by Gasteiger charge is 2.20. The van der Waals surface area contributed by atoms with Crippen LogP contribution in [0.5, 0.6) is 0 Å². The fraction of sp³-hybridized carbons (Fsp3) is 0. The number of aromatic nitrogens is 4. The summed E-state index contributed by atoms with van der Waals surface area (Å²) in [6.07, 6.45) is 1.94. The molecule has 0 radical (unpaired) electrons. The van der Waals surface area contributed by atoms with E-state index in [9.17, 15) is 0 Å². The summed E-state index contributed by atoms with van der Waals surface area (Å²) in [7, 11) is 0. The average Bonchev–Trinajstić information content (AvgIpc) is 3.29. The minimum Gasteiger partial charge on any atom is -0.336 e. The van der Waals surface area contributed by atoms with E-state index in [-0.39, 0.29) is 0 Å². The number of hydrogen-bond donors (Lipinski definition) is 1. The Morgan fingerprint density at radius 2 is 1.41 bits per heavy atom. The number of fused-ring (bicyclic) bond motifs is 1. The van der Waals surface area contributed by atoms with Crippen molar-refractivity contribution in [2.45, 2.75) is 0 Å². The second-order valence-electron chi connectivity index (χ2n) is 6.22. The lowest BCUT2D eigenvalue weighted by molar-refractivity contribution is 1.15. The molecule has 0 saturated heterocycles. The van der Waals surface area contributed by atoms with E-state index < -0.39 is 0 Å². The molecule has 5 heteroatoms. The molecule has 0 amide bonds. The molecular weight excluding hydrogens is 356 g/mol. The van der Waals surface area contributed by atoms with Crippen molar-refractivity contribution < 1.29 is 0 Å². The van der Waals surface area contributed by atoms with Crippen molar-refractivity contribution in [1.82, 2.24) is 19.4 Å². The zero-order valence-electron chi connectivity index (χ0n) is 14.3. The molecule has 27 heavy (non-hydrogen) atoms. The summed E-state index contributed by atoms with van der Waals surface area (Å²) in [4.78, 5) is 12.8. The summed E-state index contributed by atoms with van der Waals surface area (Å²) in [5, 5.41) is 0.425. The quantitative estimate of drug-likeness (QED) is 0.442. The second-order valence-corrected chi connectivity index (χ2v) is 6.58. The highest BCUT2D eigenvalue weighted by molar-refractivity contribution is 6.32. The van der Waals surface area contributed by atoms with Crippen molar-refractivity contribution in [3.05, 3.63) is 90.2 Å². The number of nitrogens with zero attached hydrogens (tertiary/aromatic N) is 3. The third kappa shape index (κ3) is 2.71. The van der Waals surface area contributed by atoms with Crippen molar-refractivity contribution in [3.63, 3.8) is 0 Å². The van der Waals surface area contributed by atoms with Crippen molar-refractivity contribution in [3.8, 4) is 34.0 Å². The second kappa shape index (κ2) is 6.41. The van der Waals surface area contributed by atoms with E-state index in [0.29, 0.717) is 11.0 Å². The Labute approximate surface area is 161 Å². The Bertz CT molecular complexity index is 1170. The van der Waals surface area contributed by atoms with Crippen LogP contribution in [0.1, 0.15) is 0 Å². The molecule has 4 nitrogen and oxygen atoms in total. The fourth-order valence-corrected chi connectivity index (χ4v) is 3.55. The van der Waals surface area contributed by atoms with Crippen molar-refractivity contribution in [1.29, 1.82) is 0 Å². The molecule has 0 spiro atoms. The summed E-state index contributed by atoms with van der Waals surface area (Å²) < 4.78 is 1.95. The predicted molar refractivity (Wildman–Crippen MR) is 109 cm³/mol. The van der Waals surface area contributed by atoms with Crippen LogP contribution in [0.2, 0.25) is 5.15 Å². The lowest BCUT2D eigenvalue weighted by Crippen LogP contribution is -1.89. The topological polar surface area (TPSA) is 46.0 Å². The van der Waals surface area contributed by atoms with Gasteiger partial charge in [0.15, 0.2) is 11.0 Å². The number of halogens is 1. The summed E-state index contributed by atoms with van der Waals surface area (Å²) in [6, 6.07) is 26.1. The SMILES string of the molecule is Clc1nc2ccccn2c1-c1nc(-c2ccccc2)c(-c2ccccc2)[nH]1. The molecule has 0 aliphatic heterocycles. The number of nitrogens with one attached hydrogen (secondary N) is 1. The highest BCUT2D eigenvalue weighted by Crippen LogP contribution is 2.35. The first-order chi connectivity index (χ1) is 13.3. The number of hydrogen-bond acceptors (Lipinski definition) is 2. The van der Waals surface area contributed by atoms with Crippen molar-refractivity contribution in [2.24, 2.45) is 0 Å². The molecule has 3 heterocycles. The molecule has 0 bridgehead atoms. The van der Waals surface area contributed by atoms with E-state index in [1.54, 1.807) is 0 Å². The van der Waals surface area contributed by atoms with Crippen LogP contribution in [-0.2, 0) is 0 Å². The van der Waals surface area contributed by atoms with Gasteiger partial charge < -0.3 is 4.98 Å². The van der Waals surface area contributed by atoms with Gasteiger partial charge in [-0.1, -0.05) is 78.3 Å². The van der Waals surface area contributed by atoms with E-state index in [2.05, 4.69) is 34.2 Å². The van der Waals surface area contributed by atoms with Gasteiger partial charge in [-0.3, -0.25) is 4.40 Å². The summed E-state index contributed by atoms with van der Waals surface area (Å²) in [5.41, 5.74) is 5.50. The first-order valence-electron chi connectivity index (χ1n) is 8.65. The smallest absolute Gasteiger partial charge is 0.159 e. The van der Waals surface area contributed by atoms with E-state index in [0.717, 1.165) is 33.9 Å². The molecule has 0 aliphatic carbocycles. The number of imidazole rings is 2. The maximum Gasteiger partial charge on any atom is 0.159 e. The largest absolute Gasteiger partial charge is 0.336 e. The van der Waals surface area contributed by atoms with Gasteiger partial charge in [-0.25, -0.2) is 9.97 Å². The van der Waals surface area contributed by atoms with E-state index in [4.69, 9.17) is 16.6 Å². The molecule has 5 rings (SSSR count). The molecule has 0 saturated carbocycles. The van der Waals surface area contributed by atoms with Crippen LogP contribution >= 0.6 is 11.6 Å². The third-order valence-electron chi connectivity index (χ3n) is 4.53. The predicted octanol–water partition coefficient (Wildman–Crippen LogP) is 5.71. The molecule has 0 aliphatic rings. The van der Waals surface area contributed by atoms with Crippen molar-refractivity contribution >= 4 is 17.2 Å². The maximum absolute atomic E-state index is 6.46. The van der Waals surface area contributed by atoms with Gasteiger partial charge in [0.1, 0.15) is 11.3 Å². The third-order valence-corrected chi connectivity index (χ3v) is 4.79. The summed E-state index contributed by atoms with van der Waals surface area (Å²) in [6.45, 7) is 0. The number of pyridine rings is 1. The lowest BCUT2D eigenvalue weighted by atomic mass is 10.1. The van der Waals surface area contributed by atoms with Gasteiger partial charge in [0.05, 0.1) is 11.4 Å². The normalized spacial score (nSPS) is 11.1. The van der Waals surface area contributed by atoms with Crippen LogP contribution < -0.4 is 0 Å². The van der Waals surface area contributed by atoms with Gasteiger partial charge in [0.2, 0.25) is 0 Å². The van der Waals surface area contributed by atoms with Gasteiger partial charge in [-0.2, -0.15) is 0 Å². The molecule has 130 valence electrons. The Balaban J connectivity index is 1.78. The van der Waals surface area contributed by atoms with E-state index in [1.165, 1.54) is 0 Å². The zero-order valence-corrected chi connectivity index (χ0v) is 15.1. The number of H-pyrrole nitrogens is 1. The van der Waals surface area contributed by atoms with Crippen LogP contribution in [-0.4, -0.2) is 19.4 Å². The number of aromatic amines is 1. The molecular formula is C22H15ClN4. The van der Waals surface area contributed by atoms with Crippen LogP contribution in [0.3, 0.4) is 0 Å². The van der Waals surface area contributed by atoms with E-state index >= 15 is 0 Å². The van der Waals surface area contributed by atoms with Gasteiger partial charge in [0.25, 0.3) is 0 Å². The zero-order chi connectivity index (χ0) is 18.2. The van der Waals surface area contributed by atoms with Gasteiger partial charge in [-0.15, -0.1) is 0 Å². The number of rotatable bonds is 3. The summed E-state index contributed by atoms with van der Waals surface area (Å²) >= 11 is 6.46. The van der Waals surface area contributed by atoms with Crippen LogP contribution in [0.4, 0.5) is 0 Å². The lowest BCUT2D eigenvalue weighted by Gasteiger charge is -2.02.